The zero-order valence-electron chi connectivity index (χ0n) is 19.8. The Bertz CT molecular complexity index is 1370. The Hall–Kier alpha value is -4.46. The molecule has 2 fully saturated rings. The van der Waals surface area contributed by atoms with E-state index in [1.807, 2.05) is 55.5 Å². The third kappa shape index (κ3) is 4.11. The van der Waals surface area contributed by atoms with Crippen molar-refractivity contribution in [2.75, 3.05) is 22.9 Å². The van der Waals surface area contributed by atoms with E-state index in [9.17, 15) is 24.8 Å². The molecule has 36 heavy (non-hydrogen) atoms. The highest BCUT2D eigenvalue weighted by atomic mass is 16.6. The molecular weight excluding hydrogens is 458 g/mol. The molecule has 1 atom stereocenters. The summed E-state index contributed by atoms with van der Waals surface area (Å²) in [6.45, 7) is 3.89. The minimum Gasteiger partial charge on any atom is -0.507 e. The number of nitro benzene ring substituents is 1. The maximum absolute atomic E-state index is 13.3. The minimum atomic E-state index is -0.849. The van der Waals surface area contributed by atoms with E-state index in [-0.39, 0.29) is 22.6 Å². The molecule has 2 heterocycles. The standard InChI is InChI=1S/C28H25N3O5/c1-18-5-4-6-20(17-18)25-24(26(32)19-7-9-23(10-8-19)31(35)36)27(33)28(34)30(25)22-13-11-21(12-14-22)29-15-2-3-16-29/h4-14,17,25,32H,2-3,15-16H2,1H3/b26-24-. The normalized spacial score (nSPS) is 19.2. The topological polar surface area (TPSA) is 104 Å². The van der Waals surface area contributed by atoms with Gasteiger partial charge in [0.2, 0.25) is 0 Å². The lowest BCUT2D eigenvalue weighted by Crippen LogP contribution is -2.29. The van der Waals surface area contributed by atoms with Crippen LogP contribution in [-0.4, -0.2) is 34.8 Å². The molecule has 0 radical (unpaired) electrons. The summed E-state index contributed by atoms with van der Waals surface area (Å²) < 4.78 is 0. The molecule has 0 saturated carbocycles. The number of benzene rings is 3. The van der Waals surface area contributed by atoms with Crippen LogP contribution in [0, 0.1) is 17.0 Å². The number of ketones is 1. The van der Waals surface area contributed by atoms with Crippen LogP contribution in [0.4, 0.5) is 17.1 Å². The molecule has 0 aromatic heterocycles. The Balaban J connectivity index is 1.62. The van der Waals surface area contributed by atoms with Crippen molar-refractivity contribution in [1.29, 1.82) is 0 Å². The molecule has 1 amide bonds. The number of aryl methyl sites for hydroxylation is 1. The first-order chi connectivity index (χ1) is 17.3. The smallest absolute Gasteiger partial charge is 0.300 e. The highest BCUT2D eigenvalue weighted by Gasteiger charge is 2.47. The molecule has 8 nitrogen and oxygen atoms in total. The first-order valence-corrected chi connectivity index (χ1v) is 11.8. The molecule has 0 spiro atoms. The fourth-order valence-corrected chi connectivity index (χ4v) is 4.95. The highest BCUT2D eigenvalue weighted by Crippen LogP contribution is 2.42. The second kappa shape index (κ2) is 9.30. The Labute approximate surface area is 208 Å². The van der Waals surface area contributed by atoms with Crippen LogP contribution in [-0.2, 0) is 9.59 Å². The van der Waals surface area contributed by atoms with Gasteiger partial charge < -0.3 is 10.0 Å². The van der Waals surface area contributed by atoms with Crippen LogP contribution in [0.1, 0.15) is 35.6 Å². The Morgan fingerprint density at radius 2 is 1.58 bits per heavy atom. The zero-order valence-corrected chi connectivity index (χ0v) is 19.8. The van der Waals surface area contributed by atoms with Crippen molar-refractivity contribution in [1.82, 2.24) is 0 Å². The van der Waals surface area contributed by atoms with E-state index in [1.165, 1.54) is 29.2 Å². The van der Waals surface area contributed by atoms with E-state index in [0.717, 1.165) is 37.2 Å². The number of aliphatic hydroxyl groups excluding tert-OH is 1. The van der Waals surface area contributed by atoms with Crippen molar-refractivity contribution in [2.45, 2.75) is 25.8 Å². The number of non-ortho nitro benzene ring substituents is 1. The molecule has 8 heteroatoms. The number of hydrogen-bond acceptors (Lipinski definition) is 6. The molecule has 2 aliphatic rings. The van der Waals surface area contributed by atoms with Gasteiger partial charge in [-0.2, -0.15) is 0 Å². The summed E-state index contributed by atoms with van der Waals surface area (Å²) in [5, 5.41) is 22.2. The zero-order chi connectivity index (χ0) is 25.4. The fourth-order valence-electron chi connectivity index (χ4n) is 4.95. The lowest BCUT2D eigenvalue weighted by Gasteiger charge is -2.26. The van der Waals surface area contributed by atoms with Crippen molar-refractivity contribution >= 4 is 34.5 Å². The van der Waals surface area contributed by atoms with E-state index < -0.39 is 22.7 Å². The maximum Gasteiger partial charge on any atom is 0.300 e. The molecule has 182 valence electrons. The maximum atomic E-state index is 13.3. The van der Waals surface area contributed by atoms with Crippen molar-refractivity contribution in [3.8, 4) is 0 Å². The summed E-state index contributed by atoms with van der Waals surface area (Å²) in [6.07, 6.45) is 2.29. The van der Waals surface area contributed by atoms with Gasteiger partial charge in [0.15, 0.2) is 0 Å². The van der Waals surface area contributed by atoms with Gasteiger partial charge >= 0.3 is 0 Å². The van der Waals surface area contributed by atoms with Gasteiger partial charge in [-0.15, -0.1) is 0 Å². The number of hydrogen-bond donors (Lipinski definition) is 1. The molecule has 0 aliphatic carbocycles. The van der Waals surface area contributed by atoms with E-state index in [1.54, 1.807) is 0 Å². The van der Waals surface area contributed by atoms with Crippen LogP contribution in [0.25, 0.3) is 5.76 Å². The second-order valence-electron chi connectivity index (χ2n) is 9.10. The molecule has 0 bridgehead atoms. The van der Waals surface area contributed by atoms with Crippen molar-refractivity contribution in [3.05, 3.63) is 105 Å². The van der Waals surface area contributed by atoms with Gasteiger partial charge in [-0.1, -0.05) is 29.8 Å². The van der Waals surface area contributed by atoms with E-state index in [4.69, 9.17) is 0 Å². The number of anilines is 2. The first kappa shape index (κ1) is 23.3. The van der Waals surface area contributed by atoms with Gasteiger partial charge in [0.25, 0.3) is 17.4 Å². The summed E-state index contributed by atoms with van der Waals surface area (Å²) in [5.74, 6) is -1.91. The van der Waals surface area contributed by atoms with E-state index in [2.05, 4.69) is 4.90 Å². The minimum absolute atomic E-state index is 0.0527. The number of carbonyl (C=O) groups is 2. The third-order valence-corrected chi connectivity index (χ3v) is 6.75. The number of carbonyl (C=O) groups excluding carboxylic acids is 2. The van der Waals surface area contributed by atoms with Crippen LogP contribution < -0.4 is 9.80 Å². The summed E-state index contributed by atoms with van der Waals surface area (Å²) >= 11 is 0. The molecule has 2 saturated heterocycles. The Morgan fingerprint density at radius 1 is 0.944 bits per heavy atom. The number of rotatable bonds is 5. The number of amides is 1. The SMILES string of the molecule is Cc1cccc(C2/C(=C(/O)c3ccc([N+](=O)[O-])cc3)C(=O)C(=O)N2c2ccc(N3CCCC3)cc2)c1. The Morgan fingerprint density at radius 3 is 2.19 bits per heavy atom. The molecule has 2 aliphatic heterocycles. The van der Waals surface area contributed by atoms with Crippen LogP contribution in [0.15, 0.2) is 78.4 Å². The van der Waals surface area contributed by atoms with Gasteiger partial charge in [-0.05, 0) is 61.7 Å². The molecule has 3 aromatic carbocycles. The summed E-state index contributed by atoms with van der Waals surface area (Å²) in [6, 6.07) is 19.4. The van der Waals surface area contributed by atoms with Gasteiger partial charge in [0.05, 0.1) is 16.5 Å². The average molecular weight is 484 g/mol. The number of nitro groups is 1. The quantitative estimate of drug-likeness (QED) is 0.177. The van der Waals surface area contributed by atoms with Crippen LogP contribution in [0.5, 0.6) is 0 Å². The van der Waals surface area contributed by atoms with Gasteiger partial charge in [-0.25, -0.2) is 0 Å². The first-order valence-electron chi connectivity index (χ1n) is 11.8. The van der Waals surface area contributed by atoms with Crippen molar-refractivity contribution < 1.29 is 19.6 Å². The largest absolute Gasteiger partial charge is 0.507 e. The van der Waals surface area contributed by atoms with Gasteiger partial charge in [0.1, 0.15) is 5.76 Å². The van der Waals surface area contributed by atoms with Crippen LogP contribution >= 0.6 is 0 Å². The molecular formula is C28H25N3O5. The summed E-state index contributed by atoms with van der Waals surface area (Å²) in [5.41, 5.74) is 3.27. The van der Waals surface area contributed by atoms with Crippen molar-refractivity contribution in [2.24, 2.45) is 0 Å². The number of nitrogens with zero attached hydrogens (tertiary/aromatic N) is 3. The van der Waals surface area contributed by atoms with Crippen LogP contribution in [0.3, 0.4) is 0 Å². The predicted molar refractivity (Wildman–Crippen MR) is 137 cm³/mol. The third-order valence-electron chi connectivity index (χ3n) is 6.75. The average Bonchev–Trinajstić information content (AvgIpc) is 3.51. The second-order valence-corrected chi connectivity index (χ2v) is 9.10. The molecule has 5 rings (SSSR count). The number of aliphatic hydroxyl groups is 1. The lowest BCUT2D eigenvalue weighted by molar-refractivity contribution is -0.384. The van der Waals surface area contributed by atoms with Crippen LogP contribution in [0.2, 0.25) is 0 Å². The lowest BCUT2D eigenvalue weighted by atomic mass is 9.94. The fraction of sp³-hybridized carbons (Fsp3) is 0.214. The predicted octanol–water partition coefficient (Wildman–Crippen LogP) is 5.13. The van der Waals surface area contributed by atoms with Crippen molar-refractivity contribution in [3.63, 3.8) is 0 Å². The molecule has 3 aromatic rings. The number of Topliss-reactive ketones (excluding diaryl/α,β-unsaturated/α-hetero) is 1. The summed E-state index contributed by atoms with van der Waals surface area (Å²) in [4.78, 5) is 40.8. The van der Waals surface area contributed by atoms with E-state index in [0.29, 0.717) is 11.3 Å². The Kier molecular flexibility index (Phi) is 6.01. The molecule has 1 unspecified atom stereocenters. The highest BCUT2D eigenvalue weighted by molar-refractivity contribution is 6.51. The van der Waals surface area contributed by atoms with Gasteiger partial charge in [0, 0.05) is 42.2 Å². The van der Waals surface area contributed by atoms with Gasteiger partial charge in [-0.3, -0.25) is 24.6 Å². The van der Waals surface area contributed by atoms with E-state index >= 15 is 0 Å². The molecule has 1 N–H and O–H groups in total. The summed E-state index contributed by atoms with van der Waals surface area (Å²) in [7, 11) is 0. The monoisotopic (exact) mass is 483 g/mol.